The zero-order valence-electron chi connectivity index (χ0n) is 13.8. The fourth-order valence-electron chi connectivity index (χ4n) is 2.35. The lowest BCUT2D eigenvalue weighted by atomic mass is 10.2. The number of aromatic nitrogens is 4. The van der Waals surface area contributed by atoms with Crippen LogP contribution in [0.2, 0.25) is 10.0 Å². The van der Waals surface area contributed by atoms with Crippen molar-refractivity contribution in [3.63, 3.8) is 0 Å². The number of halogens is 2. The molecule has 1 aromatic heterocycles. The molecule has 0 aliphatic carbocycles. The van der Waals surface area contributed by atoms with E-state index in [0.717, 1.165) is 14.9 Å². The summed E-state index contributed by atoms with van der Waals surface area (Å²) in [5.74, 6) is -0.279. The second kappa shape index (κ2) is 7.72. The maximum Gasteiger partial charge on any atom is 0.368 e. The minimum Gasteiger partial charge on any atom is -0.340 e. The second-order valence-corrected chi connectivity index (χ2v) is 6.48. The van der Waals surface area contributed by atoms with E-state index in [0.29, 0.717) is 22.3 Å². The summed E-state index contributed by atoms with van der Waals surface area (Å²) in [6, 6.07) is 14.0. The predicted octanol–water partition coefficient (Wildman–Crippen LogP) is 2.39. The highest BCUT2D eigenvalue weighted by Crippen LogP contribution is 2.23. The van der Waals surface area contributed by atoms with Crippen molar-refractivity contribution < 1.29 is 4.79 Å². The fourth-order valence-corrected chi connectivity index (χ4v) is 2.67. The summed E-state index contributed by atoms with van der Waals surface area (Å²) in [7, 11) is 1.64. The first-order valence-electron chi connectivity index (χ1n) is 7.72. The Morgan fingerprint density at radius 2 is 1.81 bits per heavy atom. The van der Waals surface area contributed by atoms with Crippen molar-refractivity contribution in [3.05, 3.63) is 74.6 Å². The highest BCUT2D eigenvalue weighted by atomic mass is 35.5. The topological polar surface area (TPSA) is 73.0 Å². The van der Waals surface area contributed by atoms with Crippen molar-refractivity contribution in [1.82, 2.24) is 24.7 Å². The normalized spacial score (nSPS) is 10.7. The Kier molecular flexibility index (Phi) is 5.39. The van der Waals surface area contributed by atoms with E-state index < -0.39 is 5.69 Å². The molecule has 134 valence electrons. The van der Waals surface area contributed by atoms with Gasteiger partial charge in [-0.2, -0.15) is 9.36 Å². The minimum absolute atomic E-state index is 0.205. The number of likely N-dealkylation sites (N-methyl/N-ethyl adjacent to an activating group) is 1. The maximum atomic E-state index is 12.4. The first-order chi connectivity index (χ1) is 12.5. The third-order valence-corrected chi connectivity index (χ3v) is 4.49. The molecule has 2 aromatic carbocycles. The largest absolute Gasteiger partial charge is 0.368 e. The van der Waals surface area contributed by atoms with Crippen molar-refractivity contribution >= 4 is 29.1 Å². The van der Waals surface area contributed by atoms with Crippen molar-refractivity contribution in [1.29, 1.82) is 0 Å². The van der Waals surface area contributed by atoms with E-state index in [-0.39, 0.29) is 12.5 Å². The van der Waals surface area contributed by atoms with Crippen molar-refractivity contribution in [2.75, 3.05) is 7.05 Å². The molecule has 0 saturated heterocycles. The quantitative estimate of drug-likeness (QED) is 0.669. The molecule has 9 heteroatoms. The van der Waals surface area contributed by atoms with E-state index in [2.05, 4.69) is 10.4 Å². The SMILES string of the molecule is CN(Cc1ccc(Cl)c(Cl)c1)C(=O)Cn1nnn(-c2ccccc2)c1=O. The van der Waals surface area contributed by atoms with Gasteiger partial charge in [-0.1, -0.05) is 47.5 Å². The van der Waals surface area contributed by atoms with E-state index in [1.54, 1.807) is 49.5 Å². The van der Waals surface area contributed by atoms with Crippen LogP contribution in [0.5, 0.6) is 0 Å². The molecule has 3 rings (SSSR count). The lowest BCUT2D eigenvalue weighted by molar-refractivity contribution is -0.131. The fraction of sp³-hybridized carbons (Fsp3) is 0.176. The lowest BCUT2D eigenvalue weighted by Gasteiger charge is -2.17. The van der Waals surface area contributed by atoms with Crippen LogP contribution < -0.4 is 5.69 Å². The van der Waals surface area contributed by atoms with E-state index in [4.69, 9.17) is 23.2 Å². The molecule has 3 aromatic rings. The molecule has 1 heterocycles. The van der Waals surface area contributed by atoms with E-state index in [1.165, 1.54) is 4.90 Å². The van der Waals surface area contributed by atoms with Crippen LogP contribution in [0.15, 0.2) is 53.3 Å². The molecular formula is C17H15Cl2N5O2. The van der Waals surface area contributed by atoms with Gasteiger partial charge in [0.15, 0.2) is 0 Å². The highest BCUT2D eigenvalue weighted by molar-refractivity contribution is 6.42. The molecule has 7 nitrogen and oxygen atoms in total. The van der Waals surface area contributed by atoms with Crippen LogP contribution in [-0.2, 0) is 17.9 Å². The Balaban J connectivity index is 1.71. The molecule has 0 spiro atoms. The number of carbonyl (C=O) groups excluding carboxylic acids is 1. The van der Waals surface area contributed by atoms with Crippen LogP contribution in [0.1, 0.15) is 5.56 Å². The van der Waals surface area contributed by atoms with Crippen LogP contribution in [0.4, 0.5) is 0 Å². The molecule has 0 N–H and O–H groups in total. The highest BCUT2D eigenvalue weighted by Gasteiger charge is 2.15. The summed E-state index contributed by atoms with van der Waals surface area (Å²) in [4.78, 5) is 26.2. The average molecular weight is 392 g/mol. The zero-order chi connectivity index (χ0) is 18.7. The third kappa shape index (κ3) is 3.95. The standard InChI is InChI=1S/C17H15Cl2N5O2/c1-22(10-12-7-8-14(18)15(19)9-12)16(25)11-23-17(26)24(21-20-23)13-5-3-2-4-6-13/h2-9H,10-11H2,1H3. The summed E-state index contributed by atoms with van der Waals surface area (Å²) >= 11 is 11.9. The van der Waals surface area contributed by atoms with Crippen LogP contribution >= 0.6 is 23.2 Å². The molecule has 0 aliphatic rings. The predicted molar refractivity (Wildman–Crippen MR) is 98.6 cm³/mol. The number of rotatable bonds is 5. The number of nitrogens with zero attached hydrogens (tertiary/aromatic N) is 5. The van der Waals surface area contributed by atoms with E-state index >= 15 is 0 Å². The molecule has 0 saturated carbocycles. The Labute approximate surface area is 159 Å². The zero-order valence-corrected chi connectivity index (χ0v) is 15.4. The first kappa shape index (κ1) is 18.2. The number of amides is 1. The summed E-state index contributed by atoms with van der Waals surface area (Å²) in [6.07, 6.45) is 0. The van der Waals surface area contributed by atoms with Gasteiger partial charge in [-0.05, 0) is 40.3 Å². The number of hydrogen-bond acceptors (Lipinski definition) is 4. The van der Waals surface area contributed by atoms with Crippen molar-refractivity contribution in [3.8, 4) is 5.69 Å². The van der Waals surface area contributed by atoms with Crippen LogP contribution in [-0.4, -0.2) is 37.6 Å². The second-order valence-electron chi connectivity index (χ2n) is 5.66. The van der Waals surface area contributed by atoms with Gasteiger partial charge in [0.25, 0.3) is 0 Å². The number of hydrogen-bond donors (Lipinski definition) is 0. The average Bonchev–Trinajstić information content (AvgIpc) is 2.99. The molecule has 26 heavy (non-hydrogen) atoms. The molecular weight excluding hydrogens is 377 g/mol. The molecule has 0 bridgehead atoms. The Hall–Kier alpha value is -2.64. The smallest absolute Gasteiger partial charge is 0.340 e. The van der Waals surface area contributed by atoms with Crippen molar-refractivity contribution in [2.45, 2.75) is 13.1 Å². The van der Waals surface area contributed by atoms with Gasteiger partial charge in [0, 0.05) is 13.6 Å². The Bertz CT molecular complexity index is 984. The van der Waals surface area contributed by atoms with Gasteiger partial charge in [0.05, 0.1) is 15.7 Å². The number of para-hydroxylation sites is 1. The summed E-state index contributed by atoms with van der Waals surface area (Å²) in [5, 5.41) is 8.47. The van der Waals surface area contributed by atoms with Crippen LogP contribution in [0.25, 0.3) is 5.69 Å². The van der Waals surface area contributed by atoms with Gasteiger partial charge >= 0.3 is 5.69 Å². The lowest BCUT2D eigenvalue weighted by Crippen LogP contribution is -2.34. The summed E-state index contributed by atoms with van der Waals surface area (Å²) in [5.41, 5.74) is 0.934. The van der Waals surface area contributed by atoms with Crippen LogP contribution in [0, 0.1) is 0 Å². The van der Waals surface area contributed by atoms with Gasteiger partial charge in [-0.15, -0.1) is 0 Å². The minimum atomic E-state index is -0.479. The molecule has 1 amide bonds. The van der Waals surface area contributed by atoms with E-state index in [9.17, 15) is 9.59 Å². The molecule has 0 radical (unpaired) electrons. The molecule has 0 atom stereocenters. The van der Waals surface area contributed by atoms with Gasteiger partial charge in [0.2, 0.25) is 5.91 Å². The van der Waals surface area contributed by atoms with Gasteiger partial charge < -0.3 is 4.90 Å². The van der Waals surface area contributed by atoms with Gasteiger partial charge in [-0.25, -0.2) is 4.79 Å². The molecule has 0 fully saturated rings. The van der Waals surface area contributed by atoms with Crippen LogP contribution in [0.3, 0.4) is 0 Å². The third-order valence-electron chi connectivity index (χ3n) is 3.75. The first-order valence-corrected chi connectivity index (χ1v) is 8.47. The monoisotopic (exact) mass is 391 g/mol. The molecule has 0 aliphatic heterocycles. The Morgan fingerprint density at radius 1 is 1.08 bits per heavy atom. The Morgan fingerprint density at radius 3 is 2.50 bits per heavy atom. The van der Waals surface area contributed by atoms with E-state index in [1.807, 2.05) is 6.07 Å². The summed E-state index contributed by atoms with van der Waals surface area (Å²) in [6.45, 7) is 0.126. The number of benzene rings is 2. The number of tetrazole rings is 1. The van der Waals surface area contributed by atoms with Crippen molar-refractivity contribution in [2.24, 2.45) is 0 Å². The number of carbonyl (C=O) groups is 1. The van der Waals surface area contributed by atoms with Gasteiger partial charge in [0.1, 0.15) is 6.54 Å². The summed E-state index contributed by atoms with van der Waals surface area (Å²) < 4.78 is 2.17. The maximum absolute atomic E-state index is 12.4. The van der Waals surface area contributed by atoms with Gasteiger partial charge in [-0.3, -0.25) is 4.79 Å². The molecule has 0 unspecified atom stereocenters.